The van der Waals surface area contributed by atoms with Gasteiger partial charge in [0.15, 0.2) is 5.75 Å². The van der Waals surface area contributed by atoms with Crippen molar-refractivity contribution in [3.05, 3.63) is 54.4 Å². The molecule has 0 saturated carbocycles. The van der Waals surface area contributed by atoms with Gasteiger partial charge in [-0.3, -0.25) is 9.78 Å². The maximum absolute atomic E-state index is 12.2. The molecule has 26 heavy (non-hydrogen) atoms. The molecule has 140 valence electrons. The number of hydrogen-bond acceptors (Lipinski definition) is 7. The molecule has 0 fully saturated rings. The second-order valence-electron chi connectivity index (χ2n) is 6.68. The van der Waals surface area contributed by atoms with Crippen molar-refractivity contribution < 1.29 is 22.1 Å². The molecule has 0 aliphatic heterocycles. The van der Waals surface area contributed by atoms with Gasteiger partial charge in [0.2, 0.25) is 0 Å². The van der Waals surface area contributed by atoms with Gasteiger partial charge in [-0.05, 0) is 45.0 Å². The standard InChI is InChI=1S/C18H22N2O5S/c1-18(2,3)24-17(21)16(19)11-13-9-10-14(12-20-13)25-26(22,23)15-7-5-4-6-8-15/h4-10,12,16H,11,19H2,1-3H3/t16-/m0/s1. The Morgan fingerprint density at radius 2 is 1.81 bits per heavy atom. The number of nitrogens with two attached hydrogens (primary N) is 1. The molecule has 0 aliphatic carbocycles. The fraction of sp³-hybridized carbons (Fsp3) is 0.333. The molecule has 0 unspecified atom stereocenters. The van der Waals surface area contributed by atoms with Gasteiger partial charge in [-0.2, -0.15) is 8.42 Å². The Balaban J connectivity index is 2.01. The molecule has 2 rings (SSSR count). The smallest absolute Gasteiger partial charge is 0.339 e. The molecule has 0 aliphatic rings. The Bertz CT molecular complexity index is 843. The van der Waals surface area contributed by atoms with Gasteiger partial charge in [-0.15, -0.1) is 0 Å². The maximum Gasteiger partial charge on any atom is 0.339 e. The number of carbonyl (C=O) groups excluding carboxylic acids is 1. The van der Waals surface area contributed by atoms with E-state index in [1.807, 2.05) is 0 Å². The van der Waals surface area contributed by atoms with Crippen molar-refractivity contribution in [1.29, 1.82) is 0 Å². The van der Waals surface area contributed by atoms with Crippen molar-refractivity contribution in [3.63, 3.8) is 0 Å². The number of pyridine rings is 1. The Kier molecular flexibility index (Phi) is 5.99. The van der Waals surface area contributed by atoms with E-state index in [0.29, 0.717) is 5.69 Å². The van der Waals surface area contributed by atoms with Crippen LogP contribution in [0.25, 0.3) is 0 Å². The van der Waals surface area contributed by atoms with Gasteiger partial charge in [0.1, 0.15) is 16.5 Å². The molecule has 0 amide bonds. The van der Waals surface area contributed by atoms with Crippen molar-refractivity contribution in [2.24, 2.45) is 5.73 Å². The first-order valence-electron chi connectivity index (χ1n) is 8.00. The first-order valence-corrected chi connectivity index (χ1v) is 9.40. The first kappa shape index (κ1) is 19.9. The Hall–Kier alpha value is -2.45. The fourth-order valence-corrected chi connectivity index (χ4v) is 2.97. The summed E-state index contributed by atoms with van der Waals surface area (Å²) in [5.41, 5.74) is 5.73. The number of esters is 1. The van der Waals surface area contributed by atoms with Crippen LogP contribution in [0.1, 0.15) is 26.5 Å². The fourth-order valence-electron chi connectivity index (χ4n) is 2.03. The van der Waals surface area contributed by atoms with Gasteiger partial charge in [0, 0.05) is 12.1 Å². The summed E-state index contributed by atoms with van der Waals surface area (Å²) in [6, 6.07) is 9.97. The van der Waals surface area contributed by atoms with Gasteiger partial charge in [-0.25, -0.2) is 0 Å². The lowest BCUT2D eigenvalue weighted by atomic mass is 10.1. The lowest BCUT2D eigenvalue weighted by Crippen LogP contribution is -2.39. The number of nitrogens with zero attached hydrogens (tertiary/aromatic N) is 1. The van der Waals surface area contributed by atoms with Crippen molar-refractivity contribution in [3.8, 4) is 5.75 Å². The number of ether oxygens (including phenoxy) is 1. The predicted molar refractivity (Wildman–Crippen MR) is 96.0 cm³/mol. The number of carbonyl (C=O) groups is 1. The average Bonchev–Trinajstić information content (AvgIpc) is 2.55. The molecule has 1 atom stereocenters. The van der Waals surface area contributed by atoms with Crippen LogP contribution in [0.3, 0.4) is 0 Å². The minimum Gasteiger partial charge on any atom is -0.459 e. The van der Waals surface area contributed by atoms with E-state index >= 15 is 0 Å². The van der Waals surface area contributed by atoms with E-state index in [9.17, 15) is 13.2 Å². The average molecular weight is 378 g/mol. The highest BCUT2D eigenvalue weighted by Gasteiger charge is 2.23. The molecule has 0 radical (unpaired) electrons. The molecule has 1 aromatic carbocycles. The zero-order valence-electron chi connectivity index (χ0n) is 14.9. The second-order valence-corrected chi connectivity index (χ2v) is 8.23. The van der Waals surface area contributed by atoms with E-state index in [0.717, 1.165) is 0 Å². The maximum atomic E-state index is 12.2. The summed E-state index contributed by atoms with van der Waals surface area (Å²) in [5, 5.41) is 0. The van der Waals surface area contributed by atoms with Gasteiger partial charge in [0.05, 0.1) is 6.20 Å². The van der Waals surface area contributed by atoms with Crippen molar-refractivity contribution in [2.75, 3.05) is 0 Å². The number of rotatable bonds is 6. The monoisotopic (exact) mass is 378 g/mol. The van der Waals surface area contributed by atoms with Gasteiger partial charge in [-0.1, -0.05) is 18.2 Å². The van der Waals surface area contributed by atoms with Crippen LogP contribution in [0.5, 0.6) is 5.75 Å². The van der Waals surface area contributed by atoms with Crippen LogP contribution in [0.15, 0.2) is 53.6 Å². The van der Waals surface area contributed by atoms with Crippen LogP contribution in [0, 0.1) is 0 Å². The Morgan fingerprint density at radius 3 is 2.35 bits per heavy atom. The van der Waals surface area contributed by atoms with Crippen LogP contribution in [0.4, 0.5) is 0 Å². The lowest BCUT2D eigenvalue weighted by Gasteiger charge is -2.22. The number of benzene rings is 1. The SMILES string of the molecule is CC(C)(C)OC(=O)[C@@H](N)Cc1ccc(OS(=O)(=O)c2ccccc2)cn1. The van der Waals surface area contributed by atoms with E-state index in [4.69, 9.17) is 14.7 Å². The summed E-state index contributed by atoms with van der Waals surface area (Å²) in [7, 11) is -3.92. The van der Waals surface area contributed by atoms with Crippen molar-refractivity contribution in [2.45, 2.75) is 43.7 Å². The van der Waals surface area contributed by atoms with Crippen molar-refractivity contribution in [1.82, 2.24) is 4.98 Å². The molecule has 8 heteroatoms. The van der Waals surface area contributed by atoms with Crippen molar-refractivity contribution >= 4 is 16.1 Å². The molecule has 1 aromatic heterocycles. The summed E-state index contributed by atoms with van der Waals surface area (Å²) >= 11 is 0. The third-order valence-corrected chi connectivity index (χ3v) is 4.44. The molecule has 7 nitrogen and oxygen atoms in total. The van der Waals surface area contributed by atoms with Crippen LogP contribution >= 0.6 is 0 Å². The molecule has 1 heterocycles. The highest BCUT2D eigenvalue weighted by atomic mass is 32.2. The van der Waals surface area contributed by atoms with E-state index in [-0.39, 0.29) is 17.1 Å². The largest absolute Gasteiger partial charge is 0.459 e. The van der Waals surface area contributed by atoms with Gasteiger partial charge >= 0.3 is 16.1 Å². The minimum absolute atomic E-state index is 0.0519. The van der Waals surface area contributed by atoms with Crippen LogP contribution in [-0.4, -0.2) is 31.0 Å². The normalized spacial score (nSPS) is 13.1. The van der Waals surface area contributed by atoms with Crippen LogP contribution in [0.2, 0.25) is 0 Å². The van der Waals surface area contributed by atoms with E-state index in [1.165, 1.54) is 24.4 Å². The Labute approximate surface area is 153 Å². The molecule has 2 aromatic rings. The number of aromatic nitrogens is 1. The van der Waals surface area contributed by atoms with Crippen LogP contribution in [-0.2, 0) is 26.1 Å². The number of hydrogen-bond donors (Lipinski definition) is 1. The van der Waals surface area contributed by atoms with Crippen LogP contribution < -0.4 is 9.92 Å². The molecule has 0 spiro atoms. The molecule has 0 bridgehead atoms. The first-order chi connectivity index (χ1) is 12.1. The zero-order chi connectivity index (χ0) is 19.4. The Morgan fingerprint density at radius 1 is 1.15 bits per heavy atom. The summed E-state index contributed by atoms with van der Waals surface area (Å²) in [4.78, 5) is 16.0. The lowest BCUT2D eigenvalue weighted by molar-refractivity contribution is -0.156. The molecular weight excluding hydrogens is 356 g/mol. The highest BCUT2D eigenvalue weighted by molar-refractivity contribution is 7.87. The quantitative estimate of drug-likeness (QED) is 0.605. The predicted octanol–water partition coefficient (Wildman–Crippen LogP) is 2.06. The van der Waals surface area contributed by atoms with E-state index in [2.05, 4.69) is 4.98 Å². The molecule has 2 N–H and O–H groups in total. The summed E-state index contributed by atoms with van der Waals surface area (Å²) in [6.45, 7) is 5.28. The zero-order valence-corrected chi connectivity index (χ0v) is 15.7. The summed E-state index contributed by atoms with van der Waals surface area (Å²) in [5.74, 6) is -0.449. The van der Waals surface area contributed by atoms with E-state index in [1.54, 1.807) is 45.0 Å². The molecular formula is C18H22N2O5S. The molecule has 0 saturated heterocycles. The topological polar surface area (TPSA) is 109 Å². The third kappa shape index (κ3) is 5.82. The van der Waals surface area contributed by atoms with Gasteiger partial charge < -0.3 is 14.7 Å². The highest BCUT2D eigenvalue weighted by Crippen LogP contribution is 2.18. The summed E-state index contributed by atoms with van der Waals surface area (Å²) < 4.78 is 34.6. The third-order valence-electron chi connectivity index (χ3n) is 3.17. The summed E-state index contributed by atoms with van der Waals surface area (Å²) in [6.07, 6.45) is 1.44. The van der Waals surface area contributed by atoms with Gasteiger partial charge in [0.25, 0.3) is 0 Å². The minimum atomic E-state index is -3.92. The second kappa shape index (κ2) is 7.84. The van der Waals surface area contributed by atoms with E-state index < -0.39 is 27.7 Å².